The van der Waals surface area contributed by atoms with E-state index in [1.165, 1.54) is 5.56 Å². The molecule has 3 heteroatoms. The molecule has 0 saturated heterocycles. The van der Waals surface area contributed by atoms with E-state index in [1.54, 1.807) is 0 Å². The quantitative estimate of drug-likeness (QED) is 0.312. The number of furan rings is 1. The van der Waals surface area contributed by atoms with E-state index >= 15 is 0 Å². The zero-order valence-corrected chi connectivity index (χ0v) is 16.7. The van der Waals surface area contributed by atoms with Gasteiger partial charge in [0.2, 0.25) is 0 Å². The minimum atomic E-state index is 0.846. The van der Waals surface area contributed by atoms with Crippen molar-refractivity contribution < 1.29 is 4.42 Å². The second-order valence-electron chi connectivity index (χ2n) is 7.51. The molecule has 0 atom stereocenters. The maximum Gasteiger partial charge on any atom is 0.144 e. The van der Waals surface area contributed by atoms with Gasteiger partial charge in [-0.05, 0) is 59.7 Å². The van der Waals surface area contributed by atoms with E-state index in [0.29, 0.717) is 0 Å². The summed E-state index contributed by atoms with van der Waals surface area (Å²) >= 11 is 0. The highest BCUT2D eigenvalue weighted by molar-refractivity contribution is 6.11. The van der Waals surface area contributed by atoms with Gasteiger partial charge in [-0.1, -0.05) is 48.5 Å². The summed E-state index contributed by atoms with van der Waals surface area (Å²) in [5.74, 6) is 0. The molecule has 0 radical (unpaired) electrons. The first-order valence-electron chi connectivity index (χ1n) is 10.3. The molecular weight excluding hydrogens is 380 g/mol. The van der Waals surface area contributed by atoms with Crippen LogP contribution < -0.4 is 0 Å². The van der Waals surface area contributed by atoms with Gasteiger partial charge in [-0.25, -0.2) is 0 Å². The van der Waals surface area contributed by atoms with Crippen LogP contribution in [0.15, 0.2) is 114 Å². The highest BCUT2D eigenvalue weighted by Gasteiger charge is 2.16. The number of pyridine rings is 2. The van der Waals surface area contributed by atoms with Crippen LogP contribution in [0, 0.1) is 0 Å². The van der Waals surface area contributed by atoms with E-state index in [4.69, 9.17) is 4.42 Å². The zero-order valence-electron chi connectivity index (χ0n) is 16.7. The summed E-state index contributed by atoms with van der Waals surface area (Å²) in [4.78, 5) is 9.15. The van der Waals surface area contributed by atoms with E-state index in [0.717, 1.165) is 50.0 Å². The van der Waals surface area contributed by atoms with Crippen LogP contribution in [0.2, 0.25) is 0 Å². The van der Waals surface area contributed by atoms with Crippen LogP contribution in [0.1, 0.15) is 0 Å². The summed E-state index contributed by atoms with van der Waals surface area (Å²) < 4.78 is 6.43. The number of aromatic nitrogens is 2. The Balaban J connectivity index is 1.64. The standard InChI is InChI=1S/C28H18N2O/c1-2-8-19(9-3-1)20-12-13-22-23-16-21(25-10-4-6-14-29-25)17-24(26-11-5-7-15-30-26)28(23)31-27(22)18-20/h1-18H. The highest BCUT2D eigenvalue weighted by Crippen LogP contribution is 2.39. The molecule has 0 unspecified atom stereocenters. The molecule has 0 amide bonds. The molecule has 146 valence electrons. The zero-order chi connectivity index (χ0) is 20.6. The van der Waals surface area contributed by atoms with Gasteiger partial charge in [0.25, 0.3) is 0 Å². The average Bonchev–Trinajstić information content (AvgIpc) is 3.23. The molecule has 0 spiro atoms. The molecule has 0 N–H and O–H groups in total. The van der Waals surface area contributed by atoms with Gasteiger partial charge in [0.15, 0.2) is 0 Å². The van der Waals surface area contributed by atoms with Crippen molar-refractivity contribution in [2.75, 3.05) is 0 Å². The molecule has 3 aromatic carbocycles. The van der Waals surface area contributed by atoms with E-state index < -0.39 is 0 Å². The van der Waals surface area contributed by atoms with Gasteiger partial charge in [-0.15, -0.1) is 0 Å². The van der Waals surface area contributed by atoms with Gasteiger partial charge in [0.1, 0.15) is 11.2 Å². The van der Waals surface area contributed by atoms with Crippen LogP contribution >= 0.6 is 0 Å². The first-order chi connectivity index (χ1) is 15.4. The summed E-state index contributed by atoms with van der Waals surface area (Å²) in [7, 11) is 0. The first kappa shape index (κ1) is 17.6. The van der Waals surface area contributed by atoms with Gasteiger partial charge in [-0.3, -0.25) is 9.97 Å². The Morgan fingerprint density at radius 3 is 2.00 bits per heavy atom. The molecule has 3 aromatic heterocycles. The lowest BCUT2D eigenvalue weighted by molar-refractivity contribution is 0.670. The molecule has 6 rings (SSSR count). The molecule has 0 aliphatic carbocycles. The van der Waals surface area contributed by atoms with Crippen LogP contribution in [0.5, 0.6) is 0 Å². The van der Waals surface area contributed by atoms with Crippen molar-refractivity contribution in [2.45, 2.75) is 0 Å². The third-order valence-corrected chi connectivity index (χ3v) is 5.58. The van der Waals surface area contributed by atoms with E-state index in [-0.39, 0.29) is 0 Å². The lowest BCUT2D eigenvalue weighted by Crippen LogP contribution is -1.87. The minimum Gasteiger partial charge on any atom is -0.455 e. The van der Waals surface area contributed by atoms with E-state index in [1.807, 2.05) is 54.9 Å². The molecule has 0 bridgehead atoms. The monoisotopic (exact) mass is 398 g/mol. The predicted octanol–water partition coefficient (Wildman–Crippen LogP) is 7.38. The fourth-order valence-corrected chi connectivity index (χ4v) is 4.08. The van der Waals surface area contributed by atoms with E-state index in [9.17, 15) is 0 Å². The largest absolute Gasteiger partial charge is 0.455 e. The summed E-state index contributed by atoms with van der Waals surface area (Å²) in [5, 5.41) is 2.16. The van der Waals surface area contributed by atoms with Crippen molar-refractivity contribution in [3.63, 3.8) is 0 Å². The van der Waals surface area contributed by atoms with Crippen molar-refractivity contribution >= 4 is 21.9 Å². The van der Waals surface area contributed by atoms with Crippen LogP contribution in [-0.2, 0) is 0 Å². The Bertz CT molecular complexity index is 1500. The third-order valence-electron chi connectivity index (χ3n) is 5.58. The van der Waals surface area contributed by atoms with Crippen molar-refractivity contribution in [3.05, 3.63) is 109 Å². The van der Waals surface area contributed by atoms with Crippen LogP contribution in [0.3, 0.4) is 0 Å². The number of fused-ring (bicyclic) bond motifs is 3. The van der Waals surface area contributed by atoms with Gasteiger partial charge in [-0.2, -0.15) is 0 Å². The molecule has 31 heavy (non-hydrogen) atoms. The molecule has 3 nitrogen and oxygen atoms in total. The average molecular weight is 398 g/mol. The van der Waals surface area contributed by atoms with Crippen molar-refractivity contribution in [2.24, 2.45) is 0 Å². The fourth-order valence-electron chi connectivity index (χ4n) is 4.08. The lowest BCUT2D eigenvalue weighted by atomic mass is 9.99. The smallest absolute Gasteiger partial charge is 0.144 e. The Morgan fingerprint density at radius 1 is 0.516 bits per heavy atom. The number of benzene rings is 3. The summed E-state index contributed by atoms with van der Waals surface area (Å²) in [5.41, 5.74) is 7.84. The van der Waals surface area contributed by atoms with Crippen molar-refractivity contribution in [3.8, 4) is 33.6 Å². The molecule has 0 aliphatic rings. The lowest BCUT2D eigenvalue weighted by Gasteiger charge is -2.06. The highest BCUT2D eigenvalue weighted by atomic mass is 16.3. The molecule has 0 aliphatic heterocycles. The summed E-state index contributed by atoms with van der Waals surface area (Å²) in [6.07, 6.45) is 3.63. The van der Waals surface area contributed by atoms with Crippen LogP contribution in [-0.4, -0.2) is 9.97 Å². The number of rotatable bonds is 3. The van der Waals surface area contributed by atoms with Gasteiger partial charge >= 0.3 is 0 Å². The maximum atomic E-state index is 6.43. The molecular formula is C28H18N2O. The third kappa shape index (κ3) is 3.08. The first-order valence-corrected chi connectivity index (χ1v) is 10.3. The summed E-state index contributed by atoms with van der Waals surface area (Å²) in [6.45, 7) is 0. The van der Waals surface area contributed by atoms with Crippen LogP contribution in [0.25, 0.3) is 55.6 Å². The molecule has 0 saturated carbocycles. The molecule has 3 heterocycles. The fraction of sp³-hybridized carbons (Fsp3) is 0. The minimum absolute atomic E-state index is 0.846. The Labute approximate surface area is 179 Å². The number of hydrogen-bond donors (Lipinski definition) is 0. The molecule has 6 aromatic rings. The SMILES string of the molecule is c1ccc(-c2ccc3c(c2)oc2c(-c4ccccn4)cc(-c4ccccn4)cc23)cc1. The molecule has 0 fully saturated rings. The second kappa shape index (κ2) is 7.22. The Hall–Kier alpha value is -4.24. The Kier molecular flexibility index (Phi) is 4.10. The second-order valence-corrected chi connectivity index (χ2v) is 7.51. The normalized spacial score (nSPS) is 11.2. The van der Waals surface area contributed by atoms with E-state index in [2.05, 4.69) is 64.6 Å². The van der Waals surface area contributed by atoms with Gasteiger partial charge in [0, 0.05) is 34.3 Å². The topological polar surface area (TPSA) is 38.9 Å². The van der Waals surface area contributed by atoms with Crippen molar-refractivity contribution in [1.82, 2.24) is 9.97 Å². The van der Waals surface area contributed by atoms with Gasteiger partial charge in [0.05, 0.1) is 11.4 Å². The maximum absolute atomic E-state index is 6.43. The number of hydrogen-bond acceptors (Lipinski definition) is 3. The Morgan fingerprint density at radius 2 is 1.26 bits per heavy atom. The summed E-state index contributed by atoms with van der Waals surface area (Å²) in [6, 6.07) is 33.0. The van der Waals surface area contributed by atoms with Gasteiger partial charge < -0.3 is 4.42 Å². The predicted molar refractivity (Wildman–Crippen MR) is 126 cm³/mol. The van der Waals surface area contributed by atoms with Crippen LogP contribution in [0.4, 0.5) is 0 Å². The number of nitrogens with zero attached hydrogens (tertiary/aromatic N) is 2. The van der Waals surface area contributed by atoms with Crippen molar-refractivity contribution in [1.29, 1.82) is 0 Å².